The standard InChI is InChI=1S/C14H30O4S/c1-4-14(5-2,13-19)12-18-11-10-17-9-8-16-7-6-15-3/h19H,4-13H2,1-3H3. The van der Waals surface area contributed by atoms with Gasteiger partial charge in [-0.25, -0.2) is 0 Å². The fourth-order valence-electron chi connectivity index (χ4n) is 1.59. The molecular formula is C14H30O4S. The Kier molecular flexibility index (Phi) is 13.3. The van der Waals surface area contributed by atoms with Gasteiger partial charge >= 0.3 is 0 Å². The molecule has 19 heavy (non-hydrogen) atoms. The molecule has 0 aliphatic rings. The van der Waals surface area contributed by atoms with E-state index in [1.54, 1.807) is 7.11 Å². The third kappa shape index (κ3) is 9.68. The third-order valence-electron chi connectivity index (χ3n) is 3.42. The lowest BCUT2D eigenvalue weighted by atomic mass is 9.85. The Hall–Kier alpha value is 0.190. The first kappa shape index (κ1) is 19.2. The van der Waals surface area contributed by atoms with E-state index in [0.717, 1.165) is 25.2 Å². The molecule has 0 aliphatic heterocycles. The number of hydrogen-bond donors (Lipinski definition) is 1. The van der Waals surface area contributed by atoms with Gasteiger partial charge in [-0.2, -0.15) is 12.6 Å². The molecule has 0 saturated heterocycles. The molecule has 0 aromatic carbocycles. The van der Waals surface area contributed by atoms with Crippen LogP contribution in [0.15, 0.2) is 0 Å². The molecule has 0 aromatic heterocycles. The second-order valence-corrected chi connectivity index (χ2v) is 4.95. The van der Waals surface area contributed by atoms with Crippen molar-refractivity contribution < 1.29 is 18.9 Å². The lowest BCUT2D eigenvalue weighted by Gasteiger charge is -2.29. The van der Waals surface area contributed by atoms with Gasteiger partial charge in [0.15, 0.2) is 0 Å². The van der Waals surface area contributed by atoms with Crippen molar-refractivity contribution in [3.63, 3.8) is 0 Å². The minimum Gasteiger partial charge on any atom is -0.382 e. The van der Waals surface area contributed by atoms with E-state index >= 15 is 0 Å². The van der Waals surface area contributed by atoms with Gasteiger partial charge in [-0.3, -0.25) is 0 Å². The summed E-state index contributed by atoms with van der Waals surface area (Å²) >= 11 is 4.42. The second-order valence-electron chi connectivity index (χ2n) is 4.64. The predicted octanol–water partition coefficient (Wildman–Crippen LogP) is 2.42. The molecule has 0 radical (unpaired) electrons. The predicted molar refractivity (Wildman–Crippen MR) is 81.2 cm³/mol. The normalized spacial score (nSPS) is 12.0. The fraction of sp³-hybridized carbons (Fsp3) is 1.00. The zero-order chi connectivity index (χ0) is 14.4. The lowest BCUT2D eigenvalue weighted by Crippen LogP contribution is -2.28. The quantitative estimate of drug-likeness (QED) is 0.394. The number of hydrogen-bond acceptors (Lipinski definition) is 5. The van der Waals surface area contributed by atoms with E-state index in [1.807, 2.05) is 0 Å². The van der Waals surface area contributed by atoms with Crippen LogP contribution in [0.2, 0.25) is 0 Å². The van der Waals surface area contributed by atoms with E-state index in [4.69, 9.17) is 18.9 Å². The average molecular weight is 294 g/mol. The van der Waals surface area contributed by atoms with Crippen LogP contribution in [0.5, 0.6) is 0 Å². The van der Waals surface area contributed by atoms with Crippen molar-refractivity contribution in [1.82, 2.24) is 0 Å². The van der Waals surface area contributed by atoms with E-state index < -0.39 is 0 Å². The van der Waals surface area contributed by atoms with E-state index in [1.165, 1.54) is 0 Å². The van der Waals surface area contributed by atoms with E-state index in [9.17, 15) is 0 Å². The molecule has 0 N–H and O–H groups in total. The molecule has 0 heterocycles. The highest BCUT2D eigenvalue weighted by atomic mass is 32.1. The molecule has 116 valence electrons. The van der Waals surface area contributed by atoms with Gasteiger partial charge in [0.05, 0.1) is 46.2 Å². The van der Waals surface area contributed by atoms with Crippen molar-refractivity contribution >= 4 is 12.6 Å². The summed E-state index contributed by atoms with van der Waals surface area (Å²) in [6, 6.07) is 0. The zero-order valence-corrected chi connectivity index (χ0v) is 13.5. The van der Waals surface area contributed by atoms with Gasteiger partial charge in [0.1, 0.15) is 0 Å². The molecule has 0 bridgehead atoms. The molecule has 0 aliphatic carbocycles. The largest absolute Gasteiger partial charge is 0.382 e. The van der Waals surface area contributed by atoms with Crippen molar-refractivity contribution in [2.75, 3.05) is 59.1 Å². The lowest BCUT2D eigenvalue weighted by molar-refractivity contribution is -0.0125. The van der Waals surface area contributed by atoms with Crippen LogP contribution in [0.4, 0.5) is 0 Å². The van der Waals surface area contributed by atoms with Crippen molar-refractivity contribution in [3.05, 3.63) is 0 Å². The second kappa shape index (κ2) is 13.2. The van der Waals surface area contributed by atoms with E-state index in [-0.39, 0.29) is 5.41 Å². The molecule has 0 amide bonds. The van der Waals surface area contributed by atoms with Gasteiger partial charge in [0, 0.05) is 12.5 Å². The maximum Gasteiger partial charge on any atom is 0.0701 e. The minimum atomic E-state index is 0.215. The van der Waals surface area contributed by atoms with Gasteiger partial charge in [-0.15, -0.1) is 0 Å². The highest BCUT2D eigenvalue weighted by molar-refractivity contribution is 7.80. The maximum atomic E-state index is 5.68. The minimum absolute atomic E-state index is 0.215. The van der Waals surface area contributed by atoms with Gasteiger partial charge < -0.3 is 18.9 Å². The first-order chi connectivity index (χ1) is 9.24. The van der Waals surface area contributed by atoms with Crippen molar-refractivity contribution in [3.8, 4) is 0 Å². The SMILES string of the molecule is CCC(CC)(CS)COCCOCCOCCOC. The molecular weight excluding hydrogens is 264 g/mol. The Morgan fingerprint density at radius 3 is 1.68 bits per heavy atom. The summed E-state index contributed by atoms with van der Waals surface area (Å²) in [7, 11) is 1.66. The number of thiol groups is 1. The Balaban J connectivity index is 3.35. The van der Waals surface area contributed by atoms with Gasteiger partial charge in [-0.1, -0.05) is 13.8 Å². The highest BCUT2D eigenvalue weighted by Gasteiger charge is 2.24. The Bertz CT molecular complexity index is 178. The van der Waals surface area contributed by atoms with E-state index in [0.29, 0.717) is 39.6 Å². The first-order valence-corrected chi connectivity index (χ1v) is 7.71. The van der Waals surface area contributed by atoms with Gasteiger partial charge in [0.25, 0.3) is 0 Å². The van der Waals surface area contributed by atoms with Crippen LogP contribution in [0.1, 0.15) is 26.7 Å². The molecule has 0 atom stereocenters. The molecule has 0 saturated carbocycles. The third-order valence-corrected chi connectivity index (χ3v) is 4.09. The van der Waals surface area contributed by atoms with Crippen LogP contribution in [-0.2, 0) is 18.9 Å². The van der Waals surface area contributed by atoms with Crippen molar-refractivity contribution in [2.45, 2.75) is 26.7 Å². The van der Waals surface area contributed by atoms with Crippen LogP contribution in [-0.4, -0.2) is 59.1 Å². The molecule has 0 unspecified atom stereocenters. The summed E-state index contributed by atoms with van der Waals surface area (Å²) < 4.78 is 21.3. The molecule has 0 aromatic rings. The summed E-state index contributed by atoms with van der Waals surface area (Å²) in [5.41, 5.74) is 0.215. The molecule has 4 nitrogen and oxygen atoms in total. The van der Waals surface area contributed by atoms with Crippen molar-refractivity contribution in [2.24, 2.45) is 5.41 Å². The Morgan fingerprint density at radius 2 is 1.26 bits per heavy atom. The van der Waals surface area contributed by atoms with Crippen LogP contribution >= 0.6 is 12.6 Å². The van der Waals surface area contributed by atoms with Gasteiger partial charge in [-0.05, 0) is 18.6 Å². The Morgan fingerprint density at radius 1 is 0.789 bits per heavy atom. The van der Waals surface area contributed by atoms with Crippen LogP contribution in [0.3, 0.4) is 0 Å². The van der Waals surface area contributed by atoms with Gasteiger partial charge in [0.2, 0.25) is 0 Å². The fourth-order valence-corrected chi connectivity index (χ4v) is 2.13. The average Bonchev–Trinajstić information content (AvgIpc) is 2.46. The summed E-state index contributed by atoms with van der Waals surface area (Å²) in [5, 5.41) is 0. The smallest absolute Gasteiger partial charge is 0.0701 e. The maximum absolute atomic E-state index is 5.68. The first-order valence-electron chi connectivity index (χ1n) is 7.07. The summed E-state index contributed by atoms with van der Waals surface area (Å²) in [5.74, 6) is 0.869. The van der Waals surface area contributed by atoms with Crippen LogP contribution in [0, 0.1) is 5.41 Å². The number of ether oxygens (including phenoxy) is 4. The van der Waals surface area contributed by atoms with Crippen LogP contribution < -0.4 is 0 Å². The number of methoxy groups -OCH3 is 1. The summed E-state index contributed by atoms with van der Waals surface area (Å²) in [4.78, 5) is 0. The molecule has 0 fully saturated rings. The Labute approximate surface area is 123 Å². The summed E-state index contributed by atoms with van der Waals surface area (Å²) in [6.07, 6.45) is 2.20. The summed E-state index contributed by atoms with van der Waals surface area (Å²) in [6.45, 7) is 8.85. The van der Waals surface area contributed by atoms with Crippen LogP contribution in [0.25, 0.3) is 0 Å². The molecule has 5 heteroatoms. The zero-order valence-electron chi connectivity index (χ0n) is 12.7. The highest BCUT2D eigenvalue weighted by Crippen LogP contribution is 2.27. The monoisotopic (exact) mass is 294 g/mol. The van der Waals surface area contributed by atoms with E-state index in [2.05, 4.69) is 26.5 Å². The molecule has 0 rings (SSSR count). The topological polar surface area (TPSA) is 36.9 Å². The number of rotatable bonds is 14. The van der Waals surface area contributed by atoms with Crippen molar-refractivity contribution in [1.29, 1.82) is 0 Å². The molecule has 0 spiro atoms.